The van der Waals surface area contributed by atoms with Gasteiger partial charge in [-0.25, -0.2) is 0 Å². The van der Waals surface area contributed by atoms with Crippen LogP contribution in [-0.4, -0.2) is 5.24 Å². The normalized spacial score (nSPS) is 10.2. The number of benzene rings is 1. The van der Waals surface area contributed by atoms with Gasteiger partial charge >= 0.3 is 0 Å². The highest BCUT2D eigenvalue weighted by atomic mass is 32.1. The predicted molar refractivity (Wildman–Crippen MR) is 54.2 cm³/mol. The summed E-state index contributed by atoms with van der Waals surface area (Å²) in [6, 6.07) is 7.46. The van der Waals surface area contributed by atoms with Gasteiger partial charge in [0.05, 0.1) is 5.69 Å². The number of nitrogens with one attached hydrogen (secondary N) is 1. The zero-order valence-electron chi connectivity index (χ0n) is 6.65. The summed E-state index contributed by atoms with van der Waals surface area (Å²) in [6.07, 6.45) is 1.50. The molecule has 0 spiro atoms. The predicted octanol–water partition coefficient (Wildman–Crippen LogP) is 2.89. The summed E-state index contributed by atoms with van der Waals surface area (Å²) < 4.78 is 5.20. The Morgan fingerprint density at radius 2 is 2.15 bits per heavy atom. The van der Waals surface area contributed by atoms with E-state index in [4.69, 9.17) is 4.42 Å². The number of furan rings is 1. The molecule has 0 unspecified atom stereocenters. The molecule has 0 atom stereocenters. The average Bonchev–Trinajstić information content (AvgIpc) is 2.48. The first-order valence-corrected chi connectivity index (χ1v) is 4.18. The first-order valence-electron chi connectivity index (χ1n) is 3.73. The van der Waals surface area contributed by atoms with E-state index >= 15 is 0 Å². The quantitative estimate of drug-likeness (QED) is 0.684. The molecule has 66 valence electrons. The Kier molecular flexibility index (Phi) is 1.98. The van der Waals surface area contributed by atoms with E-state index < -0.39 is 5.24 Å². The van der Waals surface area contributed by atoms with Gasteiger partial charge in [0, 0.05) is 5.39 Å². The molecule has 13 heavy (non-hydrogen) atoms. The molecular formula is C9H7NO2S. The Labute approximate surface area is 80.1 Å². The van der Waals surface area contributed by atoms with Crippen LogP contribution in [0, 0.1) is 0 Å². The van der Waals surface area contributed by atoms with Gasteiger partial charge in [-0.15, -0.1) is 0 Å². The summed E-state index contributed by atoms with van der Waals surface area (Å²) in [5.41, 5.74) is 1.40. The topological polar surface area (TPSA) is 42.2 Å². The molecule has 0 aliphatic heterocycles. The number of amides is 1. The van der Waals surface area contributed by atoms with Crippen molar-refractivity contribution in [3.63, 3.8) is 0 Å². The molecule has 4 heteroatoms. The maximum Gasteiger partial charge on any atom is 0.280 e. The van der Waals surface area contributed by atoms with E-state index in [1.54, 1.807) is 0 Å². The Bertz CT molecular complexity index is 450. The zero-order valence-corrected chi connectivity index (χ0v) is 7.54. The highest BCUT2D eigenvalue weighted by molar-refractivity contribution is 7.96. The van der Waals surface area contributed by atoms with Crippen molar-refractivity contribution >= 4 is 34.5 Å². The fraction of sp³-hybridized carbons (Fsp3) is 0. The molecule has 0 fully saturated rings. The van der Waals surface area contributed by atoms with E-state index in [2.05, 4.69) is 17.9 Å². The maximum atomic E-state index is 10.7. The molecule has 0 radical (unpaired) electrons. The molecule has 0 aliphatic rings. The molecule has 1 aromatic carbocycles. The lowest BCUT2D eigenvalue weighted by Gasteiger charge is -1.95. The van der Waals surface area contributed by atoms with Crippen molar-refractivity contribution in [2.75, 3.05) is 5.32 Å². The number of carbonyl (C=O) groups excluding carboxylic acids is 1. The minimum atomic E-state index is -0.397. The Morgan fingerprint density at radius 1 is 1.38 bits per heavy atom. The fourth-order valence-electron chi connectivity index (χ4n) is 1.19. The van der Waals surface area contributed by atoms with E-state index in [0.717, 1.165) is 11.0 Å². The lowest BCUT2D eigenvalue weighted by molar-refractivity contribution is 0.270. The van der Waals surface area contributed by atoms with Crippen LogP contribution in [0.4, 0.5) is 10.5 Å². The van der Waals surface area contributed by atoms with Crippen molar-refractivity contribution in [2.45, 2.75) is 0 Å². The SMILES string of the molecule is O=C(S)Nc1coc2ccccc12. The second-order valence-electron chi connectivity index (χ2n) is 2.58. The van der Waals surface area contributed by atoms with Crippen molar-refractivity contribution in [3.8, 4) is 0 Å². The third kappa shape index (κ3) is 1.53. The monoisotopic (exact) mass is 193 g/mol. The van der Waals surface area contributed by atoms with E-state index in [9.17, 15) is 4.79 Å². The summed E-state index contributed by atoms with van der Waals surface area (Å²) in [7, 11) is 0. The molecule has 0 bridgehead atoms. The van der Waals surface area contributed by atoms with E-state index in [1.165, 1.54) is 6.26 Å². The van der Waals surface area contributed by atoms with Crippen molar-refractivity contribution in [1.29, 1.82) is 0 Å². The van der Waals surface area contributed by atoms with Crippen LogP contribution in [0.1, 0.15) is 0 Å². The van der Waals surface area contributed by atoms with E-state index in [1.807, 2.05) is 24.3 Å². The molecule has 1 aromatic heterocycles. The van der Waals surface area contributed by atoms with Gasteiger partial charge in [0.1, 0.15) is 11.8 Å². The summed E-state index contributed by atoms with van der Waals surface area (Å²) in [5, 5.41) is 3.04. The molecule has 0 saturated heterocycles. The van der Waals surface area contributed by atoms with Gasteiger partial charge in [0.2, 0.25) is 0 Å². The van der Waals surface area contributed by atoms with Gasteiger partial charge in [-0.1, -0.05) is 24.8 Å². The summed E-state index contributed by atoms with van der Waals surface area (Å²) in [4.78, 5) is 10.7. The van der Waals surface area contributed by atoms with E-state index in [-0.39, 0.29) is 0 Å². The average molecular weight is 193 g/mol. The summed E-state index contributed by atoms with van der Waals surface area (Å²) in [5.74, 6) is 0. The van der Waals surface area contributed by atoms with Crippen LogP contribution >= 0.6 is 12.6 Å². The lowest BCUT2D eigenvalue weighted by Crippen LogP contribution is -1.99. The number of fused-ring (bicyclic) bond motifs is 1. The van der Waals surface area contributed by atoms with Crippen LogP contribution in [0.2, 0.25) is 0 Å². The molecule has 1 N–H and O–H groups in total. The molecule has 0 aliphatic carbocycles. The fourth-order valence-corrected chi connectivity index (χ4v) is 1.31. The van der Waals surface area contributed by atoms with Crippen LogP contribution in [0.3, 0.4) is 0 Å². The third-order valence-electron chi connectivity index (χ3n) is 1.72. The number of para-hydroxylation sites is 1. The molecule has 3 nitrogen and oxygen atoms in total. The molecule has 2 rings (SSSR count). The largest absolute Gasteiger partial charge is 0.462 e. The second kappa shape index (κ2) is 3.14. The van der Waals surface area contributed by atoms with Gasteiger partial charge in [-0.3, -0.25) is 4.79 Å². The van der Waals surface area contributed by atoms with Gasteiger partial charge in [-0.05, 0) is 12.1 Å². The number of anilines is 1. The van der Waals surface area contributed by atoms with Crippen molar-refractivity contribution in [1.82, 2.24) is 0 Å². The van der Waals surface area contributed by atoms with Gasteiger partial charge in [0.25, 0.3) is 5.24 Å². The number of hydrogen-bond acceptors (Lipinski definition) is 2. The van der Waals surface area contributed by atoms with Crippen LogP contribution in [0.25, 0.3) is 11.0 Å². The van der Waals surface area contributed by atoms with Crippen LogP contribution in [0.15, 0.2) is 34.9 Å². The molecule has 0 saturated carbocycles. The Morgan fingerprint density at radius 3 is 2.92 bits per heavy atom. The number of carbonyl (C=O) groups is 1. The third-order valence-corrected chi connectivity index (χ3v) is 1.83. The van der Waals surface area contributed by atoms with Gasteiger partial charge < -0.3 is 9.73 Å². The standard InChI is InChI=1S/C9H7NO2S/c11-9(13)10-7-5-12-8-4-2-1-3-6(7)8/h1-5H,(H2,10,11,13). The first kappa shape index (κ1) is 8.19. The Balaban J connectivity index is 2.51. The minimum Gasteiger partial charge on any atom is -0.462 e. The van der Waals surface area contributed by atoms with Crippen molar-refractivity contribution in [3.05, 3.63) is 30.5 Å². The highest BCUT2D eigenvalue weighted by Gasteiger charge is 2.05. The molecular weight excluding hydrogens is 186 g/mol. The number of hydrogen-bond donors (Lipinski definition) is 2. The lowest BCUT2D eigenvalue weighted by atomic mass is 10.2. The molecule has 1 heterocycles. The van der Waals surface area contributed by atoms with E-state index in [0.29, 0.717) is 5.69 Å². The Hall–Kier alpha value is -1.42. The second-order valence-corrected chi connectivity index (χ2v) is 2.98. The summed E-state index contributed by atoms with van der Waals surface area (Å²) in [6.45, 7) is 0. The number of thiol groups is 1. The van der Waals surface area contributed by atoms with Crippen LogP contribution in [-0.2, 0) is 0 Å². The number of rotatable bonds is 1. The minimum absolute atomic E-state index is 0.397. The zero-order chi connectivity index (χ0) is 9.26. The van der Waals surface area contributed by atoms with Crippen molar-refractivity contribution in [2.24, 2.45) is 0 Å². The summed E-state index contributed by atoms with van der Waals surface area (Å²) >= 11 is 3.62. The maximum absolute atomic E-state index is 10.7. The van der Waals surface area contributed by atoms with Crippen LogP contribution in [0.5, 0.6) is 0 Å². The van der Waals surface area contributed by atoms with Gasteiger partial charge in [-0.2, -0.15) is 0 Å². The smallest absolute Gasteiger partial charge is 0.280 e. The van der Waals surface area contributed by atoms with Gasteiger partial charge in [0.15, 0.2) is 0 Å². The van der Waals surface area contributed by atoms with Crippen molar-refractivity contribution < 1.29 is 9.21 Å². The highest BCUT2D eigenvalue weighted by Crippen LogP contribution is 2.25. The van der Waals surface area contributed by atoms with Crippen LogP contribution < -0.4 is 5.32 Å². The molecule has 1 amide bonds. The first-order chi connectivity index (χ1) is 6.27. The molecule has 2 aromatic rings.